The van der Waals surface area contributed by atoms with Crippen LogP contribution in [0, 0.1) is 12.7 Å². The highest BCUT2D eigenvalue weighted by atomic mass is 19.1. The number of piperazine rings is 1. The van der Waals surface area contributed by atoms with Crippen LogP contribution in [-0.4, -0.2) is 63.9 Å². The van der Waals surface area contributed by atoms with Crippen molar-refractivity contribution in [1.82, 2.24) is 24.8 Å². The Morgan fingerprint density at radius 3 is 2.42 bits per heavy atom. The summed E-state index contributed by atoms with van der Waals surface area (Å²) in [6.07, 6.45) is 1.63. The Kier molecular flexibility index (Phi) is 5.51. The lowest BCUT2D eigenvalue weighted by Gasteiger charge is -2.32. The fourth-order valence-electron chi connectivity index (χ4n) is 3.72. The van der Waals surface area contributed by atoms with Gasteiger partial charge >= 0.3 is 0 Å². The number of amides is 1. The molecule has 0 aliphatic carbocycles. The van der Waals surface area contributed by atoms with E-state index in [1.165, 1.54) is 12.1 Å². The van der Waals surface area contributed by atoms with Gasteiger partial charge in [0, 0.05) is 49.1 Å². The summed E-state index contributed by atoms with van der Waals surface area (Å²) in [7, 11) is 2.00. The Labute approximate surface area is 179 Å². The summed E-state index contributed by atoms with van der Waals surface area (Å²) in [4.78, 5) is 29.7. The molecule has 0 unspecified atom stereocenters. The molecule has 1 fully saturated rings. The molecule has 1 aromatic carbocycles. The number of carbonyl (C=O) groups excluding carboxylic acids is 1. The van der Waals surface area contributed by atoms with Crippen LogP contribution in [0.25, 0.3) is 22.4 Å². The fourth-order valence-corrected chi connectivity index (χ4v) is 3.72. The predicted molar refractivity (Wildman–Crippen MR) is 118 cm³/mol. The third-order valence-corrected chi connectivity index (χ3v) is 5.44. The number of pyridine rings is 1. The van der Waals surface area contributed by atoms with Gasteiger partial charge in [-0.25, -0.2) is 19.3 Å². The lowest BCUT2D eigenvalue weighted by molar-refractivity contribution is 0.0659. The zero-order valence-electron chi connectivity index (χ0n) is 17.5. The lowest BCUT2D eigenvalue weighted by Crippen LogP contribution is -2.47. The molecule has 1 aliphatic rings. The molecule has 8 nitrogen and oxygen atoms in total. The first-order valence-corrected chi connectivity index (χ1v) is 9.97. The van der Waals surface area contributed by atoms with Gasteiger partial charge in [-0.05, 0) is 44.3 Å². The van der Waals surface area contributed by atoms with E-state index in [4.69, 9.17) is 11.5 Å². The Bertz CT molecular complexity index is 1130. The highest BCUT2D eigenvalue weighted by Gasteiger charge is 2.24. The fraction of sp³-hybridized carbons (Fsp3) is 0.273. The summed E-state index contributed by atoms with van der Waals surface area (Å²) in [5.41, 5.74) is 14.8. The number of nitrogens with zero attached hydrogens (tertiary/aromatic N) is 5. The van der Waals surface area contributed by atoms with Gasteiger partial charge in [-0.3, -0.25) is 4.79 Å². The maximum absolute atomic E-state index is 14.7. The first-order valence-electron chi connectivity index (χ1n) is 9.97. The SMILES string of the molecule is Cc1nc(N)nc(-c2ccc(F)c(C(=O)N3CCN(C)CC3)c2)c1-c1ccc(N)nc1. The summed E-state index contributed by atoms with van der Waals surface area (Å²) in [5.74, 6) is -0.416. The molecule has 0 atom stereocenters. The zero-order valence-corrected chi connectivity index (χ0v) is 17.5. The molecule has 9 heteroatoms. The van der Waals surface area contributed by atoms with E-state index in [9.17, 15) is 9.18 Å². The van der Waals surface area contributed by atoms with Gasteiger partial charge in [-0.2, -0.15) is 0 Å². The van der Waals surface area contributed by atoms with Crippen LogP contribution in [0.3, 0.4) is 0 Å². The minimum Gasteiger partial charge on any atom is -0.384 e. The van der Waals surface area contributed by atoms with Crippen LogP contribution in [-0.2, 0) is 0 Å². The number of nitrogen functional groups attached to an aromatic ring is 2. The van der Waals surface area contributed by atoms with Crippen molar-refractivity contribution in [3.63, 3.8) is 0 Å². The third-order valence-electron chi connectivity index (χ3n) is 5.44. The van der Waals surface area contributed by atoms with E-state index >= 15 is 0 Å². The largest absolute Gasteiger partial charge is 0.384 e. The minimum atomic E-state index is -0.567. The Hall–Kier alpha value is -3.59. The molecular weight excluding hydrogens is 397 g/mol. The first kappa shape index (κ1) is 20.7. The molecule has 31 heavy (non-hydrogen) atoms. The van der Waals surface area contributed by atoms with E-state index in [0.29, 0.717) is 41.4 Å². The van der Waals surface area contributed by atoms with Crippen LogP contribution in [0.4, 0.5) is 16.2 Å². The van der Waals surface area contributed by atoms with Crippen LogP contribution < -0.4 is 11.5 Å². The van der Waals surface area contributed by atoms with Gasteiger partial charge in [-0.1, -0.05) is 0 Å². The second-order valence-corrected chi connectivity index (χ2v) is 7.65. The van der Waals surface area contributed by atoms with Crippen molar-refractivity contribution in [2.45, 2.75) is 6.92 Å². The molecule has 4 N–H and O–H groups in total. The smallest absolute Gasteiger partial charge is 0.256 e. The number of aromatic nitrogens is 3. The number of nitrogens with two attached hydrogens (primary N) is 2. The normalized spacial score (nSPS) is 14.6. The summed E-state index contributed by atoms with van der Waals surface area (Å²) in [6.45, 7) is 4.43. The molecule has 3 aromatic rings. The van der Waals surface area contributed by atoms with Gasteiger partial charge in [0.25, 0.3) is 5.91 Å². The van der Waals surface area contributed by atoms with Crippen molar-refractivity contribution in [2.24, 2.45) is 0 Å². The number of benzene rings is 1. The Balaban J connectivity index is 1.79. The molecule has 3 heterocycles. The molecule has 160 valence electrons. The number of hydrogen-bond donors (Lipinski definition) is 2. The summed E-state index contributed by atoms with van der Waals surface area (Å²) in [5, 5.41) is 0. The van der Waals surface area contributed by atoms with Gasteiger partial charge in [0.2, 0.25) is 5.95 Å². The van der Waals surface area contributed by atoms with Crippen molar-refractivity contribution >= 4 is 17.7 Å². The number of aryl methyl sites for hydroxylation is 1. The van der Waals surface area contributed by atoms with Crippen molar-refractivity contribution in [1.29, 1.82) is 0 Å². The number of rotatable bonds is 3. The molecule has 0 spiro atoms. The number of anilines is 2. The Morgan fingerprint density at radius 2 is 1.74 bits per heavy atom. The molecule has 2 aromatic heterocycles. The monoisotopic (exact) mass is 421 g/mol. The van der Waals surface area contributed by atoms with E-state index in [-0.39, 0.29) is 17.4 Å². The summed E-state index contributed by atoms with van der Waals surface area (Å²) >= 11 is 0. The lowest BCUT2D eigenvalue weighted by atomic mass is 9.97. The zero-order chi connectivity index (χ0) is 22.1. The molecule has 1 aliphatic heterocycles. The van der Waals surface area contributed by atoms with Gasteiger partial charge in [0.15, 0.2) is 0 Å². The molecule has 1 amide bonds. The number of halogens is 1. The van der Waals surface area contributed by atoms with Crippen molar-refractivity contribution < 1.29 is 9.18 Å². The van der Waals surface area contributed by atoms with E-state index < -0.39 is 5.82 Å². The molecule has 0 radical (unpaired) electrons. The summed E-state index contributed by atoms with van der Waals surface area (Å²) in [6, 6.07) is 7.91. The van der Waals surface area contributed by atoms with Crippen LogP contribution in [0.2, 0.25) is 0 Å². The van der Waals surface area contributed by atoms with E-state index in [2.05, 4.69) is 19.9 Å². The van der Waals surface area contributed by atoms with E-state index in [1.807, 2.05) is 20.0 Å². The molecule has 4 rings (SSSR count). The average molecular weight is 421 g/mol. The number of likely N-dealkylation sites (N-methyl/N-ethyl adjacent to an activating group) is 1. The molecule has 0 saturated carbocycles. The Morgan fingerprint density at radius 1 is 1.03 bits per heavy atom. The van der Waals surface area contributed by atoms with Crippen LogP contribution in [0.15, 0.2) is 36.5 Å². The quantitative estimate of drug-likeness (QED) is 0.666. The van der Waals surface area contributed by atoms with Gasteiger partial charge in [0.1, 0.15) is 11.6 Å². The predicted octanol–water partition coefficient (Wildman–Crippen LogP) is 2.21. The molecule has 0 bridgehead atoms. The second-order valence-electron chi connectivity index (χ2n) is 7.65. The standard InChI is InChI=1S/C22H24FN7O/c1-13-19(15-4-6-18(24)26-12-15)20(28-22(25)27-13)14-3-5-17(23)16(11-14)21(31)30-9-7-29(2)8-10-30/h3-6,11-12H,7-10H2,1-2H3,(H2,24,26)(H2,25,27,28). The first-order chi connectivity index (χ1) is 14.8. The average Bonchev–Trinajstić information content (AvgIpc) is 2.74. The third kappa shape index (κ3) is 4.17. The minimum absolute atomic E-state index is 0.0123. The molecular formula is C22H24FN7O. The van der Waals surface area contributed by atoms with Gasteiger partial charge in [-0.15, -0.1) is 0 Å². The van der Waals surface area contributed by atoms with Gasteiger partial charge in [0.05, 0.1) is 17.0 Å². The highest BCUT2D eigenvalue weighted by Crippen LogP contribution is 2.34. The maximum Gasteiger partial charge on any atom is 0.256 e. The van der Waals surface area contributed by atoms with Gasteiger partial charge < -0.3 is 21.3 Å². The van der Waals surface area contributed by atoms with Crippen LogP contribution >= 0.6 is 0 Å². The second kappa shape index (κ2) is 8.27. The highest BCUT2D eigenvalue weighted by molar-refractivity contribution is 5.96. The summed E-state index contributed by atoms with van der Waals surface area (Å²) < 4.78 is 14.7. The van der Waals surface area contributed by atoms with Crippen molar-refractivity contribution in [3.05, 3.63) is 53.6 Å². The van der Waals surface area contributed by atoms with E-state index in [0.717, 1.165) is 18.7 Å². The topological polar surface area (TPSA) is 114 Å². The van der Waals surface area contributed by atoms with Crippen LogP contribution in [0.5, 0.6) is 0 Å². The van der Waals surface area contributed by atoms with Crippen molar-refractivity contribution in [2.75, 3.05) is 44.7 Å². The number of hydrogen-bond acceptors (Lipinski definition) is 7. The van der Waals surface area contributed by atoms with E-state index in [1.54, 1.807) is 23.2 Å². The molecule has 1 saturated heterocycles. The van der Waals surface area contributed by atoms with Crippen molar-refractivity contribution in [3.8, 4) is 22.4 Å². The van der Waals surface area contributed by atoms with Crippen LogP contribution in [0.1, 0.15) is 16.1 Å². The maximum atomic E-state index is 14.7. The number of carbonyl (C=O) groups is 1.